The Bertz CT molecular complexity index is 562. The maximum absolute atomic E-state index is 12.2. The summed E-state index contributed by atoms with van der Waals surface area (Å²) in [6.07, 6.45) is 4.78. The van der Waals surface area contributed by atoms with Gasteiger partial charge >= 0.3 is 0 Å². The SMILES string of the molecule is CC(C(=O)CCc1nccn1C)C(N)c1ccccc1. The lowest BCUT2D eigenvalue weighted by Gasteiger charge is -2.19. The van der Waals surface area contributed by atoms with Crippen molar-refractivity contribution in [2.45, 2.75) is 25.8 Å². The Hall–Kier alpha value is -1.94. The molecule has 0 aliphatic heterocycles. The van der Waals surface area contributed by atoms with Gasteiger partial charge in [-0.15, -0.1) is 0 Å². The van der Waals surface area contributed by atoms with Crippen molar-refractivity contribution in [1.82, 2.24) is 9.55 Å². The number of Topliss-reactive ketones (excluding diaryl/α,β-unsaturated/α-hetero) is 1. The van der Waals surface area contributed by atoms with E-state index in [1.54, 1.807) is 6.20 Å². The molecular formula is C16H21N3O. The van der Waals surface area contributed by atoms with Gasteiger partial charge in [0.2, 0.25) is 0 Å². The number of carbonyl (C=O) groups is 1. The third-order valence-corrected chi connectivity index (χ3v) is 3.75. The summed E-state index contributed by atoms with van der Waals surface area (Å²) in [5.74, 6) is 0.931. The van der Waals surface area contributed by atoms with Gasteiger partial charge in [0.15, 0.2) is 0 Å². The van der Waals surface area contributed by atoms with Gasteiger partial charge in [-0.3, -0.25) is 4.79 Å². The van der Waals surface area contributed by atoms with Crippen LogP contribution in [0.3, 0.4) is 0 Å². The summed E-state index contributed by atoms with van der Waals surface area (Å²) in [4.78, 5) is 16.5. The van der Waals surface area contributed by atoms with E-state index in [1.165, 1.54) is 0 Å². The fraction of sp³-hybridized carbons (Fsp3) is 0.375. The molecule has 0 spiro atoms. The molecule has 106 valence electrons. The summed E-state index contributed by atoms with van der Waals surface area (Å²) in [6, 6.07) is 9.52. The Morgan fingerprint density at radius 2 is 2.05 bits per heavy atom. The second kappa shape index (κ2) is 6.48. The van der Waals surface area contributed by atoms with Crippen LogP contribution in [-0.4, -0.2) is 15.3 Å². The van der Waals surface area contributed by atoms with E-state index in [0.29, 0.717) is 12.8 Å². The molecule has 20 heavy (non-hydrogen) atoms. The van der Waals surface area contributed by atoms with Crippen LogP contribution in [0, 0.1) is 5.92 Å². The second-order valence-corrected chi connectivity index (χ2v) is 5.15. The summed E-state index contributed by atoms with van der Waals surface area (Å²) in [7, 11) is 1.94. The lowest BCUT2D eigenvalue weighted by atomic mass is 9.90. The van der Waals surface area contributed by atoms with Crippen LogP contribution in [0.2, 0.25) is 0 Å². The Morgan fingerprint density at radius 1 is 1.35 bits per heavy atom. The number of hydrogen-bond acceptors (Lipinski definition) is 3. The Balaban J connectivity index is 1.93. The normalized spacial score (nSPS) is 13.9. The monoisotopic (exact) mass is 271 g/mol. The van der Waals surface area contributed by atoms with Crippen LogP contribution in [0.5, 0.6) is 0 Å². The minimum absolute atomic E-state index is 0.183. The Morgan fingerprint density at radius 3 is 2.65 bits per heavy atom. The lowest BCUT2D eigenvalue weighted by Crippen LogP contribution is -2.26. The molecular weight excluding hydrogens is 250 g/mol. The van der Waals surface area contributed by atoms with Crippen LogP contribution in [0.1, 0.15) is 30.8 Å². The molecule has 2 N–H and O–H groups in total. The molecule has 1 heterocycles. The molecule has 2 rings (SSSR count). The predicted molar refractivity (Wildman–Crippen MR) is 79.1 cm³/mol. The summed E-state index contributed by atoms with van der Waals surface area (Å²) in [6.45, 7) is 1.90. The topological polar surface area (TPSA) is 60.9 Å². The lowest BCUT2D eigenvalue weighted by molar-refractivity contribution is -0.123. The molecule has 0 aliphatic carbocycles. The van der Waals surface area contributed by atoms with Crippen molar-refractivity contribution in [2.75, 3.05) is 0 Å². The fourth-order valence-corrected chi connectivity index (χ4v) is 2.26. The van der Waals surface area contributed by atoms with Crippen molar-refractivity contribution in [3.63, 3.8) is 0 Å². The third-order valence-electron chi connectivity index (χ3n) is 3.75. The fourth-order valence-electron chi connectivity index (χ4n) is 2.26. The van der Waals surface area contributed by atoms with Gasteiger partial charge < -0.3 is 10.3 Å². The van der Waals surface area contributed by atoms with Gasteiger partial charge in [-0.05, 0) is 5.56 Å². The van der Waals surface area contributed by atoms with Gasteiger partial charge in [-0.1, -0.05) is 37.3 Å². The molecule has 4 nitrogen and oxygen atoms in total. The highest BCUT2D eigenvalue weighted by Gasteiger charge is 2.21. The molecule has 0 saturated heterocycles. The number of imidazole rings is 1. The number of hydrogen-bond donors (Lipinski definition) is 1. The summed E-state index contributed by atoms with van der Waals surface area (Å²) < 4.78 is 1.94. The molecule has 1 aromatic carbocycles. The predicted octanol–water partition coefficient (Wildman–Crippen LogP) is 2.26. The van der Waals surface area contributed by atoms with Crippen LogP contribution in [0.4, 0.5) is 0 Å². The van der Waals surface area contributed by atoms with E-state index in [4.69, 9.17) is 5.73 Å². The van der Waals surface area contributed by atoms with E-state index in [9.17, 15) is 4.79 Å². The van der Waals surface area contributed by atoms with Crippen LogP contribution >= 0.6 is 0 Å². The van der Waals surface area contributed by atoms with Crippen molar-refractivity contribution < 1.29 is 4.79 Å². The molecule has 0 amide bonds. The van der Waals surface area contributed by atoms with Crippen LogP contribution in [0.25, 0.3) is 0 Å². The maximum Gasteiger partial charge on any atom is 0.138 e. The van der Waals surface area contributed by atoms with Gasteiger partial charge in [0, 0.05) is 44.2 Å². The molecule has 0 bridgehead atoms. The maximum atomic E-state index is 12.2. The molecule has 0 fully saturated rings. The van der Waals surface area contributed by atoms with E-state index in [2.05, 4.69) is 4.98 Å². The first kappa shape index (κ1) is 14.5. The van der Waals surface area contributed by atoms with E-state index in [0.717, 1.165) is 11.4 Å². The highest BCUT2D eigenvalue weighted by atomic mass is 16.1. The minimum atomic E-state index is -0.245. The molecule has 0 aliphatic rings. The number of benzene rings is 1. The van der Waals surface area contributed by atoms with Crippen LogP contribution in [0.15, 0.2) is 42.7 Å². The van der Waals surface area contributed by atoms with Gasteiger partial charge in [0.25, 0.3) is 0 Å². The zero-order valence-corrected chi connectivity index (χ0v) is 12.0. The average molecular weight is 271 g/mol. The summed E-state index contributed by atoms with van der Waals surface area (Å²) in [5, 5.41) is 0. The molecule has 1 aromatic heterocycles. The first-order valence-electron chi connectivity index (χ1n) is 6.89. The number of nitrogens with zero attached hydrogens (tertiary/aromatic N) is 2. The minimum Gasteiger partial charge on any atom is -0.338 e. The number of rotatable bonds is 6. The van der Waals surface area contributed by atoms with E-state index in [-0.39, 0.29) is 17.7 Å². The van der Waals surface area contributed by atoms with Gasteiger partial charge in [0.05, 0.1) is 0 Å². The largest absolute Gasteiger partial charge is 0.338 e. The first-order valence-corrected chi connectivity index (χ1v) is 6.89. The quantitative estimate of drug-likeness (QED) is 0.876. The highest BCUT2D eigenvalue weighted by Crippen LogP contribution is 2.21. The number of aryl methyl sites for hydroxylation is 2. The molecule has 4 heteroatoms. The highest BCUT2D eigenvalue weighted by molar-refractivity contribution is 5.81. The van der Waals surface area contributed by atoms with Crippen molar-refractivity contribution in [3.8, 4) is 0 Å². The summed E-state index contributed by atoms with van der Waals surface area (Å²) in [5.41, 5.74) is 7.18. The first-order chi connectivity index (χ1) is 9.59. The van der Waals surface area contributed by atoms with Crippen molar-refractivity contribution in [1.29, 1.82) is 0 Å². The standard InChI is InChI=1S/C16H21N3O/c1-12(16(17)13-6-4-3-5-7-13)14(20)8-9-15-18-10-11-19(15)2/h3-7,10-12,16H,8-9,17H2,1-2H3. The number of ketones is 1. The van der Waals surface area contributed by atoms with Crippen molar-refractivity contribution in [2.24, 2.45) is 18.7 Å². The smallest absolute Gasteiger partial charge is 0.138 e. The Kier molecular flexibility index (Phi) is 4.69. The van der Waals surface area contributed by atoms with Crippen LogP contribution in [-0.2, 0) is 18.3 Å². The van der Waals surface area contributed by atoms with Crippen LogP contribution < -0.4 is 5.73 Å². The van der Waals surface area contributed by atoms with Crippen molar-refractivity contribution >= 4 is 5.78 Å². The zero-order valence-electron chi connectivity index (χ0n) is 12.0. The number of carbonyl (C=O) groups excluding carboxylic acids is 1. The van der Waals surface area contributed by atoms with Gasteiger partial charge in [-0.2, -0.15) is 0 Å². The number of nitrogens with two attached hydrogens (primary N) is 1. The van der Waals surface area contributed by atoms with Crippen molar-refractivity contribution in [3.05, 3.63) is 54.1 Å². The average Bonchev–Trinajstić information content (AvgIpc) is 2.89. The zero-order chi connectivity index (χ0) is 14.5. The third kappa shape index (κ3) is 3.33. The molecule has 0 radical (unpaired) electrons. The molecule has 2 unspecified atom stereocenters. The van der Waals surface area contributed by atoms with E-state index >= 15 is 0 Å². The molecule has 0 saturated carbocycles. The molecule has 2 aromatic rings. The van der Waals surface area contributed by atoms with Gasteiger partial charge in [0.1, 0.15) is 11.6 Å². The summed E-state index contributed by atoms with van der Waals surface area (Å²) >= 11 is 0. The van der Waals surface area contributed by atoms with E-state index in [1.807, 2.05) is 55.1 Å². The molecule has 2 atom stereocenters. The van der Waals surface area contributed by atoms with Gasteiger partial charge in [-0.25, -0.2) is 4.98 Å². The Labute approximate surface area is 119 Å². The second-order valence-electron chi connectivity index (χ2n) is 5.15. The number of aromatic nitrogens is 2. The van der Waals surface area contributed by atoms with E-state index < -0.39 is 0 Å².